The largest absolute Gasteiger partial charge is 0.376 e. The number of ether oxygens (including phenoxy) is 1. The molecule has 1 atom stereocenters. The molecule has 1 heterocycles. The molecule has 1 aromatic carbocycles. The van der Waals surface area contributed by atoms with Crippen LogP contribution < -0.4 is 5.32 Å². The van der Waals surface area contributed by atoms with Gasteiger partial charge in [-0.3, -0.25) is 4.99 Å². The summed E-state index contributed by atoms with van der Waals surface area (Å²) >= 11 is 0. The lowest BCUT2D eigenvalue weighted by atomic mass is 10.1. The fraction of sp³-hybridized carbons (Fsp3) is 0.632. The molecule has 1 N–H and O–H groups in total. The number of benzene rings is 1. The normalized spacial score (nSPS) is 17.7. The van der Waals surface area contributed by atoms with E-state index in [0.717, 1.165) is 45.3 Å². The van der Waals surface area contributed by atoms with Gasteiger partial charge in [-0.1, -0.05) is 37.3 Å². The van der Waals surface area contributed by atoms with Gasteiger partial charge in [0.2, 0.25) is 0 Å². The number of nitrogens with zero attached hydrogens (tertiary/aromatic N) is 3. The van der Waals surface area contributed by atoms with Crippen molar-refractivity contribution in [2.45, 2.75) is 20.0 Å². The van der Waals surface area contributed by atoms with Crippen molar-refractivity contribution in [1.29, 1.82) is 0 Å². The molecule has 0 bridgehead atoms. The Hall–Kier alpha value is -0.860. The Morgan fingerprint density at radius 3 is 2.80 bits per heavy atom. The van der Waals surface area contributed by atoms with E-state index in [1.54, 1.807) is 0 Å². The second kappa shape index (κ2) is 12.5. The van der Waals surface area contributed by atoms with Crippen molar-refractivity contribution in [1.82, 2.24) is 15.1 Å². The molecule has 142 valence electrons. The molecule has 0 aromatic heterocycles. The van der Waals surface area contributed by atoms with E-state index in [1.807, 2.05) is 13.1 Å². The van der Waals surface area contributed by atoms with Crippen LogP contribution in [0.25, 0.3) is 0 Å². The van der Waals surface area contributed by atoms with Gasteiger partial charge in [-0.15, -0.1) is 24.0 Å². The summed E-state index contributed by atoms with van der Waals surface area (Å²) in [4.78, 5) is 9.07. The van der Waals surface area contributed by atoms with Gasteiger partial charge in [0.25, 0.3) is 0 Å². The molecule has 0 radical (unpaired) electrons. The zero-order chi connectivity index (χ0) is 17.2. The molecule has 25 heavy (non-hydrogen) atoms. The summed E-state index contributed by atoms with van der Waals surface area (Å²) in [7, 11) is 4.01. The van der Waals surface area contributed by atoms with E-state index < -0.39 is 0 Å². The van der Waals surface area contributed by atoms with E-state index in [1.165, 1.54) is 12.0 Å². The molecule has 2 rings (SSSR count). The fourth-order valence-electron chi connectivity index (χ4n) is 2.93. The average Bonchev–Trinajstić information content (AvgIpc) is 3.08. The van der Waals surface area contributed by atoms with Gasteiger partial charge in [0.15, 0.2) is 5.96 Å². The Kier molecular flexibility index (Phi) is 11.1. The van der Waals surface area contributed by atoms with Gasteiger partial charge in [0, 0.05) is 39.1 Å². The minimum Gasteiger partial charge on any atom is -0.376 e. The van der Waals surface area contributed by atoms with Crippen LogP contribution in [-0.4, -0.2) is 69.2 Å². The maximum Gasteiger partial charge on any atom is 0.193 e. The molecule has 0 spiro atoms. The second-order valence-corrected chi connectivity index (χ2v) is 6.47. The summed E-state index contributed by atoms with van der Waals surface area (Å²) in [5.41, 5.74) is 1.24. The molecular weight excluding hydrogens is 427 g/mol. The molecule has 1 aliphatic heterocycles. The number of nitrogens with one attached hydrogen (secondary N) is 1. The summed E-state index contributed by atoms with van der Waals surface area (Å²) < 4.78 is 5.90. The first kappa shape index (κ1) is 22.2. The predicted molar refractivity (Wildman–Crippen MR) is 116 cm³/mol. The molecule has 1 aromatic rings. The first-order chi connectivity index (χ1) is 11.7. The zero-order valence-electron chi connectivity index (χ0n) is 15.8. The average molecular weight is 460 g/mol. The Labute approximate surface area is 169 Å². The highest BCUT2D eigenvalue weighted by Gasteiger charge is 2.24. The van der Waals surface area contributed by atoms with Crippen molar-refractivity contribution in [2.24, 2.45) is 10.9 Å². The summed E-state index contributed by atoms with van der Waals surface area (Å²) in [6.45, 7) is 8.82. The lowest BCUT2D eigenvalue weighted by Gasteiger charge is -2.23. The maximum atomic E-state index is 5.90. The quantitative estimate of drug-likeness (QED) is 0.368. The van der Waals surface area contributed by atoms with E-state index in [2.05, 4.69) is 58.3 Å². The number of hydrogen-bond donors (Lipinski definition) is 1. The first-order valence-electron chi connectivity index (χ1n) is 8.98. The maximum absolute atomic E-state index is 5.90. The van der Waals surface area contributed by atoms with Crippen LogP contribution in [-0.2, 0) is 11.3 Å². The van der Waals surface area contributed by atoms with Crippen LogP contribution in [0.1, 0.15) is 18.9 Å². The van der Waals surface area contributed by atoms with Gasteiger partial charge < -0.3 is 19.9 Å². The topological polar surface area (TPSA) is 40.1 Å². The van der Waals surface area contributed by atoms with Crippen LogP contribution >= 0.6 is 24.0 Å². The van der Waals surface area contributed by atoms with Crippen LogP contribution in [0.5, 0.6) is 0 Å². The van der Waals surface area contributed by atoms with E-state index in [4.69, 9.17) is 4.74 Å². The molecule has 0 amide bonds. The third-order valence-electron chi connectivity index (χ3n) is 4.58. The third-order valence-corrected chi connectivity index (χ3v) is 4.58. The van der Waals surface area contributed by atoms with Crippen molar-refractivity contribution >= 4 is 29.9 Å². The number of guanidine groups is 1. The van der Waals surface area contributed by atoms with E-state index >= 15 is 0 Å². The minimum atomic E-state index is 0. The van der Waals surface area contributed by atoms with Crippen molar-refractivity contribution in [2.75, 3.05) is 53.4 Å². The van der Waals surface area contributed by atoms with Crippen molar-refractivity contribution in [3.05, 3.63) is 35.9 Å². The predicted octanol–water partition coefficient (Wildman–Crippen LogP) is 2.67. The van der Waals surface area contributed by atoms with Crippen LogP contribution in [0.2, 0.25) is 0 Å². The Morgan fingerprint density at radius 1 is 1.36 bits per heavy atom. The Balaban J connectivity index is 0.00000312. The van der Waals surface area contributed by atoms with Crippen molar-refractivity contribution < 1.29 is 4.74 Å². The summed E-state index contributed by atoms with van der Waals surface area (Å²) in [6.07, 6.45) is 1.17. The van der Waals surface area contributed by atoms with Crippen LogP contribution in [0.15, 0.2) is 35.3 Å². The smallest absolute Gasteiger partial charge is 0.193 e. The molecule has 5 nitrogen and oxygen atoms in total. The number of likely N-dealkylation sites (tertiary alicyclic amines) is 1. The molecule has 0 saturated carbocycles. The Bertz CT molecular complexity index is 497. The monoisotopic (exact) mass is 460 g/mol. The van der Waals surface area contributed by atoms with Gasteiger partial charge >= 0.3 is 0 Å². The third kappa shape index (κ3) is 7.92. The molecule has 1 fully saturated rings. The minimum absolute atomic E-state index is 0. The summed E-state index contributed by atoms with van der Waals surface area (Å²) in [6, 6.07) is 10.4. The van der Waals surface area contributed by atoms with Crippen LogP contribution in [0.4, 0.5) is 0 Å². The van der Waals surface area contributed by atoms with Crippen molar-refractivity contribution in [3.8, 4) is 0 Å². The summed E-state index contributed by atoms with van der Waals surface area (Å²) in [5.74, 6) is 1.61. The fourth-order valence-corrected chi connectivity index (χ4v) is 2.93. The van der Waals surface area contributed by atoms with Gasteiger partial charge in [0.1, 0.15) is 0 Å². The molecule has 1 unspecified atom stereocenters. The van der Waals surface area contributed by atoms with Crippen LogP contribution in [0.3, 0.4) is 0 Å². The van der Waals surface area contributed by atoms with Gasteiger partial charge in [-0.05, 0) is 25.6 Å². The number of likely N-dealkylation sites (N-methyl/N-ethyl adjacent to an activating group) is 1. The highest BCUT2D eigenvalue weighted by molar-refractivity contribution is 14.0. The van der Waals surface area contributed by atoms with E-state index in [-0.39, 0.29) is 24.0 Å². The number of rotatable bonds is 8. The molecule has 1 aliphatic rings. The summed E-state index contributed by atoms with van der Waals surface area (Å²) in [5, 5.41) is 3.47. The van der Waals surface area contributed by atoms with Crippen LogP contribution in [0, 0.1) is 5.92 Å². The molecule has 6 heteroatoms. The number of hydrogen-bond acceptors (Lipinski definition) is 3. The second-order valence-electron chi connectivity index (χ2n) is 6.47. The zero-order valence-corrected chi connectivity index (χ0v) is 18.1. The first-order valence-corrected chi connectivity index (χ1v) is 8.98. The molecular formula is C19H33IN4O. The van der Waals surface area contributed by atoms with Gasteiger partial charge in [-0.25, -0.2) is 0 Å². The SMILES string of the molecule is CCN(C)CCNC(=NC)N1CCC(COCc2ccccc2)C1.I. The van der Waals surface area contributed by atoms with E-state index in [9.17, 15) is 0 Å². The highest BCUT2D eigenvalue weighted by atomic mass is 127. The van der Waals surface area contributed by atoms with Gasteiger partial charge in [0.05, 0.1) is 13.2 Å². The number of aliphatic imine (C=N–C) groups is 1. The lowest BCUT2D eigenvalue weighted by Crippen LogP contribution is -2.43. The molecule has 0 aliphatic carbocycles. The number of halogens is 1. The van der Waals surface area contributed by atoms with E-state index in [0.29, 0.717) is 12.5 Å². The van der Waals surface area contributed by atoms with Gasteiger partial charge in [-0.2, -0.15) is 0 Å². The standard InChI is InChI=1S/C19H32N4O.HI/c1-4-22(3)13-11-21-19(20-2)23-12-10-18(14-23)16-24-15-17-8-6-5-7-9-17;/h5-9,18H,4,10-16H2,1-3H3,(H,20,21);1H. The lowest BCUT2D eigenvalue weighted by molar-refractivity contribution is 0.0906. The Morgan fingerprint density at radius 2 is 2.12 bits per heavy atom. The van der Waals surface area contributed by atoms with Crippen molar-refractivity contribution in [3.63, 3.8) is 0 Å². The molecule has 1 saturated heterocycles. The highest BCUT2D eigenvalue weighted by Crippen LogP contribution is 2.17.